The molecule has 0 unspecified atom stereocenters. The molecule has 0 aromatic carbocycles. The second-order valence-corrected chi connectivity index (χ2v) is 5.64. The molecule has 0 saturated carbocycles. The van der Waals surface area contributed by atoms with Gasteiger partial charge in [0.05, 0.1) is 10.7 Å². The molecule has 0 aliphatic heterocycles. The van der Waals surface area contributed by atoms with Crippen LogP contribution in [0.1, 0.15) is 10.7 Å². The largest absolute Gasteiger partial charge is 0.333 e. The Bertz CT molecular complexity index is 831. The molecule has 3 aromatic rings. The molecule has 20 heavy (non-hydrogen) atoms. The van der Waals surface area contributed by atoms with Gasteiger partial charge in [-0.1, -0.05) is 5.16 Å². The van der Waals surface area contributed by atoms with Gasteiger partial charge in [-0.15, -0.1) is 11.3 Å². The first-order valence-corrected chi connectivity index (χ1v) is 6.81. The van der Waals surface area contributed by atoms with Crippen molar-refractivity contribution in [3.63, 3.8) is 0 Å². The summed E-state index contributed by atoms with van der Waals surface area (Å²) in [5.74, 6) is 0.915. The second-order valence-electron chi connectivity index (χ2n) is 4.44. The number of hydrogen-bond donors (Lipinski definition) is 0. The minimum Gasteiger partial charge on any atom is -0.333 e. The van der Waals surface area contributed by atoms with Crippen molar-refractivity contribution in [3.05, 3.63) is 39.4 Å². The summed E-state index contributed by atoms with van der Waals surface area (Å²) >= 11 is 1.52. The second kappa shape index (κ2) is 4.68. The summed E-state index contributed by atoms with van der Waals surface area (Å²) in [7, 11) is 1.68. The van der Waals surface area contributed by atoms with E-state index in [1.165, 1.54) is 22.0 Å². The van der Waals surface area contributed by atoms with E-state index in [4.69, 9.17) is 4.52 Å². The highest BCUT2D eigenvalue weighted by atomic mass is 32.1. The van der Waals surface area contributed by atoms with E-state index in [0.717, 1.165) is 21.1 Å². The standard InChI is InChI=1S/C13H12N4O2S/c1-7-11(20-8(2)14-7)13-15-12(16-19-13)9-4-5-10(18)17(3)6-9/h4-6H,1-3H3. The molecule has 0 atom stereocenters. The Morgan fingerprint density at radius 3 is 2.70 bits per heavy atom. The van der Waals surface area contributed by atoms with Crippen molar-refractivity contribution >= 4 is 11.3 Å². The molecule has 0 aliphatic rings. The number of rotatable bonds is 2. The first-order chi connectivity index (χ1) is 9.54. The monoisotopic (exact) mass is 288 g/mol. The highest BCUT2D eigenvalue weighted by Crippen LogP contribution is 2.29. The molecular weight excluding hydrogens is 276 g/mol. The maximum Gasteiger partial charge on any atom is 0.270 e. The number of aromatic nitrogens is 4. The van der Waals surface area contributed by atoms with Crippen LogP contribution in [0.4, 0.5) is 0 Å². The normalized spacial score (nSPS) is 10.9. The van der Waals surface area contributed by atoms with E-state index < -0.39 is 0 Å². The van der Waals surface area contributed by atoms with Crippen LogP contribution in [0.15, 0.2) is 27.6 Å². The molecule has 7 heteroatoms. The molecule has 102 valence electrons. The highest BCUT2D eigenvalue weighted by Gasteiger charge is 2.16. The van der Waals surface area contributed by atoms with Gasteiger partial charge >= 0.3 is 0 Å². The molecular formula is C13H12N4O2S. The van der Waals surface area contributed by atoms with Gasteiger partial charge in [-0.25, -0.2) is 4.98 Å². The maximum atomic E-state index is 11.4. The lowest BCUT2D eigenvalue weighted by Crippen LogP contribution is -2.14. The summed E-state index contributed by atoms with van der Waals surface area (Å²) in [6, 6.07) is 3.16. The van der Waals surface area contributed by atoms with Gasteiger partial charge in [0.25, 0.3) is 5.89 Å². The van der Waals surface area contributed by atoms with E-state index in [2.05, 4.69) is 15.1 Å². The third-order valence-corrected chi connectivity index (χ3v) is 3.93. The van der Waals surface area contributed by atoms with Gasteiger partial charge < -0.3 is 9.09 Å². The Morgan fingerprint density at radius 2 is 2.05 bits per heavy atom. The van der Waals surface area contributed by atoms with Crippen LogP contribution in [0.3, 0.4) is 0 Å². The third kappa shape index (κ3) is 2.16. The average Bonchev–Trinajstić information content (AvgIpc) is 2.99. The lowest BCUT2D eigenvalue weighted by atomic mass is 10.2. The van der Waals surface area contributed by atoms with E-state index in [0.29, 0.717) is 11.7 Å². The van der Waals surface area contributed by atoms with Gasteiger partial charge in [-0.3, -0.25) is 4.79 Å². The smallest absolute Gasteiger partial charge is 0.270 e. The van der Waals surface area contributed by atoms with Crippen LogP contribution in [0.25, 0.3) is 22.2 Å². The van der Waals surface area contributed by atoms with Crippen molar-refractivity contribution < 1.29 is 4.52 Å². The Kier molecular flexibility index (Phi) is 2.98. The summed E-state index contributed by atoms with van der Waals surface area (Å²) < 4.78 is 6.77. The third-order valence-electron chi connectivity index (χ3n) is 2.87. The van der Waals surface area contributed by atoms with Crippen molar-refractivity contribution in [2.24, 2.45) is 7.05 Å². The molecule has 0 fully saturated rings. The van der Waals surface area contributed by atoms with Crippen molar-refractivity contribution in [2.45, 2.75) is 13.8 Å². The lowest BCUT2D eigenvalue weighted by Gasteiger charge is -1.97. The topological polar surface area (TPSA) is 73.8 Å². The zero-order valence-electron chi connectivity index (χ0n) is 11.2. The van der Waals surface area contributed by atoms with E-state index in [9.17, 15) is 4.79 Å². The zero-order chi connectivity index (χ0) is 14.3. The fraction of sp³-hybridized carbons (Fsp3) is 0.231. The molecule has 3 heterocycles. The van der Waals surface area contributed by atoms with E-state index >= 15 is 0 Å². The van der Waals surface area contributed by atoms with Crippen molar-refractivity contribution in [1.82, 2.24) is 19.7 Å². The molecule has 0 saturated heterocycles. The molecule has 0 aliphatic carbocycles. The van der Waals surface area contributed by atoms with Gasteiger partial charge in [-0.2, -0.15) is 4.98 Å². The molecule has 0 amide bonds. The summed E-state index contributed by atoms with van der Waals surface area (Å²) in [4.78, 5) is 21.0. The molecule has 0 bridgehead atoms. The highest BCUT2D eigenvalue weighted by molar-refractivity contribution is 7.15. The van der Waals surface area contributed by atoms with E-state index in [-0.39, 0.29) is 5.56 Å². The molecule has 0 N–H and O–H groups in total. The summed E-state index contributed by atoms with van der Waals surface area (Å²) in [5, 5.41) is 4.92. The van der Waals surface area contributed by atoms with Crippen molar-refractivity contribution in [3.8, 4) is 22.2 Å². The first kappa shape index (κ1) is 12.7. The SMILES string of the molecule is Cc1nc(C)c(-c2nc(-c3ccc(=O)n(C)c3)no2)s1. The van der Waals surface area contributed by atoms with Crippen molar-refractivity contribution in [2.75, 3.05) is 0 Å². The van der Waals surface area contributed by atoms with Crippen LogP contribution < -0.4 is 5.56 Å². The first-order valence-electron chi connectivity index (χ1n) is 6.00. The molecule has 0 radical (unpaired) electrons. The Morgan fingerprint density at radius 1 is 1.25 bits per heavy atom. The van der Waals surface area contributed by atoms with Crippen LogP contribution in [0.5, 0.6) is 0 Å². The van der Waals surface area contributed by atoms with E-state index in [1.54, 1.807) is 19.3 Å². The van der Waals surface area contributed by atoms with E-state index in [1.807, 2.05) is 13.8 Å². The fourth-order valence-corrected chi connectivity index (χ4v) is 2.73. The fourth-order valence-electron chi connectivity index (χ4n) is 1.89. The maximum absolute atomic E-state index is 11.4. The van der Waals surface area contributed by atoms with Gasteiger partial charge in [0, 0.05) is 24.9 Å². The summed E-state index contributed by atoms with van der Waals surface area (Å²) in [6.45, 7) is 3.85. The Labute approximate surface area is 118 Å². The van der Waals surface area contributed by atoms with Crippen LogP contribution in [-0.2, 0) is 7.05 Å². The van der Waals surface area contributed by atoms with Gasteiger partial charge in [-0.05, 0) is 19.9 Å². The van der Waals surface area contributed by atoms with Gasteiger partial charge in [0.15, 0.2) is 0 Å². The predicted molar refractivity (Wildman–Crippen MR) is 75.6 cm³/mol. The number of nitrogens with zero attached hydrogens (tertiary/aromatic N) is 4. The number of thiazole rings is 1. The van der Waals surface area contributed by atoms with Crippen LogP contribution >= 0.6 is 11.3 Å². The number of pyridine rings is 1. The molecule has 6 nitrogen and oxygen atoms in total. The molecule has 0 spiro atoms. The number of aryl methyl sites for hydroxylation is 3. The Hall–Kier alpha value is -2.28. The quantitative estimate of drug-likeness (QED) is 0.722. The van der Waals surface area contributed by atoms with Gasteiger partial charge in [0.1, 0.15) is 4.88 Å². The van der Waals surface area contributed by atoms with Crippen molar-refractivity contribution in [1.29, 1.82) is 0 Å². The minimum absolute atomic E-state index is 0.0774. The zero-order valence-corrected chi connectivity index (χ0v) is 12.1. The number of hydrogen-bond acceptors (Lipinski definition) is 6. The minimum atomic E-state index is -0.0774. The molecule has 3 aromatic heterocycles. The van der Waals surface area contributed by atoms with Crippen LogP contribution in [-0.4, -0.2) is 19.7 Å². The predicted octanol–water partition coefficient (Wildman–Crippen LogP) is 2.18. The van der Waals surface area contributed by atoms with Crippen LogP contribution in [0.2, 0.25) is 0 Å². The van der Waals surface area contributed by atoms with Crippen LogP contribution in [0, 0.1) is 13.8 Å². The average molecular weight is 288 g/mol. The summed E-state index contributed by atoms with van der Waals surface area (Å²) in [5.41, 5.74) is 1.54. The van der Waals surface area contributed by atoms with Gasteiger partial charge in [0.2, 0.25) is 11.4 Å². The molecule has 3 rings (SSSR count). The Balaban J connectivity index is 2.03. The lowest BCUT2D eigenvalue weighted by molar-refractivity contribution is 0.433. The summed E-state index contributed by atoms with van der Waals surface area (Å²) in [6.07, 6.45) is 1.68.